The summed E-state index contributed by atoms with van der Waals surface area (Å²) in [4.78, 5) is 0. The zero-order valence-corrected chi connectivity index (χ0v) is 13.6. The fraction of sp³-hybridized carbons (Fsp3) is 0.588. The van der Waals surface area contributed by atoms with Crippen LogP contribution in [0.15, 0.2) is 30.3 Å². The van der Waals surface area contributed by atoms with Crippen LogP contribution in [-0.2, 0) is 6.54 Å². The number of rotatable bonds is 6. The van der Waals surface area contributed by atoms with E-state index in [9.17, 15) is 5.11 Å². The number of benzene rings is 1. The van der Waals surface area contributed by atoms with E-state index in [1.165, 1.54) is 32.1 Å². The quantitative estimate of drug-likeness (QED) is 0.853. The number of aliphatic hydroxyl groups excluding tert-OH is 1. The Hall–Kier alpha value is -1.79. The first-order valence-electron chi connectivity index (χ1n) is 8.41. The first-order valence-corrected chi connectivity index (χ1v) is 8.41. The van der Waals surface area contributed by atoms with Crippen LogP contribution < -0.4 is 5.32 Å². The molecule has 1 fully saturated rings. The van der Waals surface area contributed by atoms with E-state index in [0.29, 0.717) is 12.5 Å². The number of aliphatic hydroxyl groups is 1. The van der Waals surface area contributed by atoms with Gasteiger partial charge in [0.25, 0.3) is 0 Å². The van der Waals surface area contributed by atoms with E-state index in [1.807, 2.05) is 30.3 Å². The second kappa shape index (κ2) is 7.19. The molecule has 0 bridgehead atoms. The van der Waals surface area contributed by atoms with Gasteiger partial charge in [0, 0.05) is 5.54 Å². The minimum atomic E-state index is -0.284. The summed E-state index contributed by atoms with van der Waals surface area (Å²) >= 11 is 0. The Labute approximate surface area is 136 Å². The molecule has 0 saturated heterocycles. The Bertz CT molecular complexity index is 608. The molecule has 6 heteroatoms. The largest absolute Gasteiger partial charge is 0.394 e. The molecule has 1 aromatic heterocycles. The molecule has 0 spiro atoms. The number of nitrogens with zero attached hydrogens (tertiary/aromatic N) is 4. The fourth-order valence-corrected chi connectivity index (χ4v) is 3.44. The molecule has 1 aromatic carbocycles. The first kappa shape index (κ1) is 16.1. The van der Waals surface area contributed by atoms with Crippen molar-refractivity contribution < 1.29 is 5.11 Å². The van der Waals surface area contributed by atoms with Gasteiger partial charge in [-0.3, -0.25) is 0 Å². The Balaban J connectivity index is 1.71. The number of hydrogen-bond acceptors (Lipinski definition) is 5. The molecule has 1 saturated carbocycles. The van der Waals surface area contributed by atoms with Crippen LogP contribution in [0, 0.1) is 5.92 Å². The maximum Gasteiger partial charge on any atom is 0.170 e. The zero-order valence-electron chi connectivity index (χ0n) is 13.6. The van der Waals surface area contributed by atoms with Crippen LogP contribution in [-0.4, -0.2) is 37.5 Å². The Morgan fingerprint density at radius 1 is 1.22 bits per heavy atom. The summed E-state index contributed by atoms with van der Waals surface area (Å²) < 4.78 is 1.74. The average molecular weight is 315 g/mol. The van der Waals surface area contributed by atoms with Gasteiger partial charge in [-0.2, -0.15) is 4.68 Å². The second-order valence-corrected chi connectivity index (χ2v) is 6.61. The highest BCUT2D eigenvalue weighted by Gasteiger charge is 2.34. The van der Waals surface area contributed by atoms with Crippen LogP contribution in [0.1, 0.15) is 44.9 Å². The average Bonchev–Trinajstić information content (AvgIpc) is 3.10. The minimum absolute atomic E-state index is 0.130. The molecular weight excluding hydrogens is 290 g/mol. The van der Waals surface area contributed by atoms with Gasteiger partial charge in [-0.25, -0.2) is 0 Å². The molecule has 0 aliphatic heterocycles. The van der Waals surface area contributed by atoms with Crippen LogP contribution in [0.5, 0.6) is 0 Å². The van der Waals surface area contributed by atoms with Gasteiger partial charge < -0.3 is 10.4 Å². The Morgan fingerprint density at radius 2 is 1.96 bits per heavy atom. The summed E-state index contributed by atoms with van der Waals surface area (Å²) in [5.41, 5.74) is 0.658. The number of nitrogens with one attached hydrogen (secondary N) is 1. The lowest BCUT2D eigenvalue weighted by molar-refractivity contribution is 0.0929. The van der Waals surface area contributed by atoms with Crippen molar-refractivity contribution in [1.29, 1.82) is 0 Å². The van der Waals surface area contributed by atoms with Crippen molar-refractivity contribution in [2.45, 2.75) is 51.1 Å². The first-order chi connectivity index (χ1) is 11.2. The number of hydrogen-bond donors (Lipinski definition) is 2. The van der Waals surface area contributed by atoms with Crippen molar-refractivity contribution in [2.24, 2.45) is 5.92 Å². The van der Waals surface area contributed by atoms with Gasteiger partial charge in [0.1, 0.15) is 0 Å². The normalized spacial score (nSPS) is 18.7. The van der Waals surface area contributed by atoms with Crippen LogP contribution in [0.3, 0.4) is 0 Å². The molecular formula is C17H25N5O. The topological polar surface area (TPSA) is 75.9 Å². The third kappa shape index (κ3) is 3.59. The summed E-state index contributed by atoms with van der Waals surface area (Å²) in [5, 5.41) is 25.5. The van der Waals surface area contributed by atoms with Gasteiger partial charge >= 0.3 is 0 Å². The molecule has 0 amide bonds. The van der Waals surface area contributed by atoms with Gasteiger partial charge in [0.05, 0.1) is 18.8 Å². The van der Waals surface area contributed by atoms with E-state index in [2.05, 4.69) is 27.8 Å². The monoisotopic (exact) mass is 315 g/mol. The smallest absolute Gasteiger partial charge is 0.170 e. The molecule has 124 valence electrons. The molecule has 1 aliphatic carbocycles. The predicted molar refractivity (Wildman–Crippen MR) is 88.1 cm³/mol. The molecule has 2 N–H and O–H groups in total. The molecule has 1 heterocycles. The van der Waals surface area contributed by atoms with Crippen LogP contribution in [0.4, 0.5) is 0 Å². The SMILES string of the molecule is C[C@@](CO)(NCc1nnnn1-c1ccccc1)C1CCCCC1. The summed E-state index contributed by atoms with van der Waals surface area (Å²) in [6.45, 7) is 2.78. The summed E-state index contributed by atoms with van der Waals surface area (Å²) in [6.07, 6.45) is 6.17. The fourth-order valence-electron chi connectivity index (χ4n) is 3.44. The van der Waals surface area contributed by atoms with Crippen molar-refractivity contribution in [3.8, 4) is 5.69 Å². The third-order valence-electron chi connectivity index (χ3n) is 5.02. The predicted octanol–water partition coefficient (Wildman–Crippen LogP) is 2.08. The van der Waals surface area contributed by atoms with E-state index in [0.717, 1.165) is 11.5 Å². The molecule has 1 aliphatic rings. The molecule has 0 radical (unpaired) electrons. The van der Waals surface area contributed by atoms with Gasteiger partial charge in [-0.05, 0) is 48.2 Å². The van der Waals surface area contributed by atoms with E-state index in [-0.39, 0.29) is 12.1 Å². The highest BCUT2D eigenvalue weighted by Crippen LogP contribution is 2.32. The molecule has 1 atom stereocenters. The lowest BCUT2D eigenvalue weighted by Crippen LogP contribution is -2.52. The summed E-state index contributed by atoms with van der Waals surface area (Å²) in [7, 11) is 0. The van der Waals surface area contributed by atoms with E-state index in [1.54, 1.807) is 4.68 Å². The van der Waals surface area contributed by atoms with E-state index >= 15 is 0 Å². The van der Waals surface area contributed by atoms with Crippen molar-refractivity contribution in [1.82, 2.24) is 25.5 Å². The summed E-state index contributed by atoms with van der Waals surface area (Å²) in [5.74, 6) is 1.26. The van der Waals surface area contributed by atoms with E-state index < -0.39 is 0 Å². The highest BCUT2D eigenvalue weighted by atomic mass is 16.3. The highest BCUT2D eigenvalue weighted by molar-refractivity contribution is 5.30. The number of tetrazole rings is 1. The zero-order chi connectivity index (χ0) is 16.1. The second-order valence-electron chi connectivity index (χ2n) is 6.61. The van der Waals surface area contributed by atoms with Gasteiger partial charge in [-0.1, -0.05) is 37.5 Å². The van der Waals surface area contributed by atoms with Gasteiger partial charge in [0.2, 0.25) is 0 Å². The van der Waals surface area contributed by atoms with Gasteiger partial charge in [-0.15, -0.1) is 5.10 Å². The Morgan fingerprint density at radius 3 is 2.65 bits per heavy atom. The van der Waals surface area contributed by atoms with Crippen LogP contribution in [0.2, 0.25) is 0 Å². The summed E-state index contributed by atoms with van der Waals surface area (Å²) in [6, 6.07) is 9.86. The third-order valence-corrected chi connectivity index (χ3v) is 5.02. The molecule has 23 heavy (non-hydrogen) atoms. The number of para-hydroxylation sites is 1. The maximum atomic E-state index is 9.93. The molecule has 2 aromatic rings. The number of aromatic nitrogens is 4. The maximum absolute atomic E-state index is 9.93. The molecule has 3 rings (SSSR count). The Kier molecular flexibility index (Phi) is 5.03. The molecule has 6 nitrogen and oxygen atoms in total. The lowest BCUT2D eigenvalue weighted by Gasteiger charge is -2.39. The lowest BCUT2D eigenvalue weighted by atomic mass is 9.76. The van der Waals surface area contributed by atoms with E-state index in [4.69, 9.17) is 0 Å². The van der Waals surface area contributed by atoms with Gasteiger partial charge in [0.15, 0.2) is 5.82 Å². The van der Waals surface area contributed by atoms with Crippen molar-refractivity contribution >= 4 is 0 Å². The van der Waals surface area contributed by atoms with Crippen molar-refractivity contribution in [2.75, 3.05) is 6.61 Å². The van der Waals surface area contributed by atoms with Crippen molar-refractivity contribution in [3.05, 3.63) is 36.2 Å². The minimum Gasteiger partial charge on any atom is -0.394 e. The van der Waals surface area contributed by atoms with Crippen LogP contribution >= 0.6 is 0 Å². The standard InChI is InChI=1S/C17H25N5O/c1-17(13-23,14-8-4-2-5-9-14)18-12-16-19-20-21-22(16)15-10-6-3-7-11-15/h3,6-7,10-11,14,18,23H,2,4-5,8-9,12-13H2,1H3/t17-/m0/s1. The van der Waals surface area contributed by atoms with Crippen LogP contribution in [0.25, 0.3) is 5.69 Å². The molecule has 0 unspecified atom stereocenters. The van der Waals surface area contributed by atoms with Crippen molar-refractivity contribution in [3.63, 3.8) is 0 Å².